The first-order valence-electron chi connectivity index (χ1n) is 9.05. The molecule has 1 amide bonds. The molecule has 3 aromatic heterocycles. The van der Waals surface area contributed by atoms with Crippen LogP contribution in [0.5, 0.6) is 0 Å². The van der Waals surface area contributed by atoms with Crippen LogP contribution in [0.3, 0.4) is 0 Å². The maximum Gasteiger partial charge on any atom is 0.289 e. The second-order valence-electron chi connectivity index (χ2n) is 6.96. The van der Waals surface area contributed by atoms with Gasteiger partial charge < -0.3 is 14.4 Å². The van der Waals surface area contributed by atoms with Gasteiger partial charge in [0.05, 0.1) is 12.2 Å². The van der Waals surface area contributed by atoms with Gasteiger partial charge in [0, 0.05) is 31.7 Å². The van der Waals surface area contributed by atoms with Gasteiger partial charge in [-0.1, -0.05) is 6.07 Å². The highest BCUT2D eigenvalue weighted by molar-refractivity contribution is 5.91. The number of carbonyl (C=O) groups excluding carboxylic acids is 1. The molecule has 1 aliphatic rings. The molecular weight excluding hydrogens is 344 g/mol. The van der Waals surface area contributed by atoms with E-state index in [-0.39, 0.29) is 5.91 Å². The van der Waals surface area contributed by atoms with Crippen LogP contribution in [0.4, 0.5) is 0 Å². The van der Waals surface area contributed by atoms with E-state index >= 15 is 0 Å². The number of furan rings is 1. The molecule has 1 aliphatic heterocycles. The normalized spacial score (nSPS) is 16.4. The molecule has 4 rings (SSSR count). The van der Waals surface area contributed by atoms with Crippen LogP contribution in [-0.2, 0) is 12.1 Å². The molecule has 0 bridgehead atoms. The lowest BCUT2D eigenvalue weighted by Gasteiger charge is -2.38. The van der Waals surface area contributed by atoms with Crippen LogP contribution in [0.25, 0.3) is 0 Å². The summed E-state index contributed by atoms with van der Waals surface area (Å²) in [5.74, 6) is 0.845. The van der Waals surface area contributed by atoms with Crippen LogP contribution in [0, 0.1) is 6.92 Å². The second kappa shape index (κ2) is 7.00. The minimum atomic E-state index is -0.990. The van der Waals surface area contributed by atoms with Crippen molar-refractivity contribution >= 4 is 5.91 Å². The molecule has 0 unspecified atom stereocenters. The lowest BCUT2D eigenvalue weighted by molar-refractivity contribution is -0.0255. The summed E-state index contributed by atoms with van der Waals surface area (Å²) in [4.78, 5) is 18.8. The minimum Gasteiger partial charge on any atom is -0.454 e. The van der Waals surface area contributed by atoms with E-state index in [1.165, 1.54) is 0 Å². The number of carbonyl (C=O) groups is 1. The maximum atomic E-state index is 12.7. The summed E-state index contributed by atoms with van der Waals surface area (Å²) in [5, 5.41) is 15.1. The third-order valence-corrected chi connectivity index (χ3v) is 5.08. The highest BCUT2D eigenvalue weighted by Crippen LogP contribution is 2.33. The van der Waals surface area contributed by atoms with Crippen LogP contribution in [0.15, 0.2) is 53.3 Å². The molecule has 0 aromatic carbocycles. The van der Waals surface area contributed by atoms with E-state index in [1.54, 1.807) is 34.1 Å². The zero-order chi connectivity index (χ0) is 18.9. The molecule has 7 heteroatoms. The Bertz CT molecular complexity index is 924. The van der Waals surface area contributed by atoms with Gasteiger partial charge in [-0.15, -0.1) is 0 Å². The number of pyridine rings is 1. The summed E-state index contributed by atoms with van der Waals surface area (Å²) in [6, 6.07) is 9.14. The standard InChI is InChI=1S/C20H22N4O3/c1-15-4-2-9-21-18(15)20(26)7-12-23(13-8-20)19(25)17-6-5-16(27-17)14-24-11-3-10-22-24/h2-6,9-11,26H,7-8,12-14H2,1H3. The van der Waals surface area contributed by atoms with Gasteiger partial charge in [0.25, 0.3) is 5.91 Å². The first-order valence-corrected chi connectivity index (χ1v) is 9.05. The molecule has 1 fully saturated rings. The number of likely N-dealkylation sites (tertiary alicyclic amines) is 1. The van der Waals surface area contributed by atoms with E-state index < -0.39 is 5.60 Å². The summed E-state index contributed by atoms with van der Waals surface area (Å²) < 4.78 is 7.44. The Morgan fingerprint density at radius 1 is 1.22 bits per heavy atom. The number of aromatic nitrogens is 3. The van der Waals surface area contributed by atoms with Crippen molar-refractivity contribution < 1.29 is 14.3 Å². The SMILES string of the molecule is Cc1cccnc1C1(O)CCN(C(=O)c2ccc(Cn3cccn3)o2)CC1. The Balaban J connectivity index is 1.42. The molecule has 0 spiro atoms. The predicted octanol–water partition coefficient (Wildman–Crippen LogP) is 2.35. The first kappa shape index (κ1) is 17.5. The summed E-state index contributed by atoms with van der Waals surface area (Å²) >= 11 is 0. The van der Waals surface area contributed by atoms with Gasteiger partial charge in [-0.2, -0.15) is 5.10 Å². The topological polar surface area (TPSA) is 84.4 Å². The van der Waals surface area contributed by atoms with E-state index in [4.69, 9.17) is 4.42 Å². The summed E-state index contributed by atoms with van der Waals surface area (Å²) in [6.45, 7) is 3.35. The Hall–Kier alpha value is -2.93. The fourth-order valence-electron chi connectivity index (χ4n) is 3.58. The zero-order valence-electron chi connectivity index (χ0n) is 15.2. The van der Waals surface area contributed by atoms with Gasteiger partial charge in [0.15, 0.2) is 5.76 Å². The smallest absolute Gasteiger partial charge is 0.289 e. The molecule has 0 atom stereocenters. The fraction of sp³-hybridized carbons (Fsp3) is 0.350. The quantitative estimate of drug-likeness (QED) is 0.766. The number of aliphatic hydroxyl groups is 1. The van der Waals surface area contributed by atoms with Crippen molar-refractivity contribution in [3.05, 3.63) is 71.7 Å². The Labute approximate surface area is 157 Å². The number of hydrogen-bond acceptors (Lipinski definition) is 5. The predicted molar refractivity (Wildman–Crippen MR) is 98.0 cm³/mol. The summed E-state index contributed by atoms with van der Waals surface area (Å²) in [6.07, 6.45) is 6.15. The molecule has 0 radical (unpaired) electrons. The molecule has 27 heavy (non-hydrogen) atoms. The molecule has 4 heterocycles. The van der Waals surface area contributed by atoms with Crippen LogP contribution in [0.2, 0.25) is 0 Å². The summed E-state index contributed by atoms with van der Waals surface area (Å²) in [7, 11) is 0. The van der Waals surface area contributed by atoms with Crippen molar-refractivity contribution in [2.24, 2.45) is 0 Å². The van der Waals surface area contributed by atoms with E-state index in [2.05, 4.69) is 10.1 Å². The molecule has 1 N–H and O–H groups in total. The Morgan fingerprint density at radius 3 is 2.74 bits per heavy atom. The van der Waals surface area contributed by atoms with Crippen LogP contribution >= 0.6 is 0 Å². The molecule has 140 valence electrons. The van der Waals surface area contributed by atoms with Gasteiger partial charge >= 0.3 is 0 Å². The number of rotatable bonds is 4. The van der Waals surface area contributed by atoms with Gasteiger partial charge in [-0.05, 0) is 49.6 Å². The highest BCUT2D eigenvalue weighted by atomic mass is 16.4. The Morgan fingerprint density at radius 2 is 2.04 bits per heavy atom. The summed E-state index contributed by atoms with van der Waals surface area (Å²) in [5.41, 5.74) is 0.682. The van der Waals surface area contributed by atoms with Crippen molar-refractivity contribution in [2.75, 3.05) is 13.1 Å². The van der Waals surface area contributed by atoms with Crippen molar-refractivity contribution in [1.82, 2.24) is 19.7 Å². The third kappa shape index (κ3) is 3.50. The van der Waals surface area contributed by atoms with Gasteiger partial charge in [-0.25, -0.2) is 0 Å². The van der Waals surface area contributed by atoms with Crippen LogP contribution in [0.1, 0.15) is 40.4 Å². The number of nitrogens with zero attached hydrogens (tertiary/aromatic N) is 4. The number of aryl methyl sites for hydroxylation is 1. The van der Waals surface area contributed by atoms with Crippen molar-refractivity contribution in [1.29, 1.82) is 0 Å². The number of piperidine rings is 1. The lowest BCUT2D eigenvalue weighted by Crippen LogP contribution is -2.45. The van der Waals surface area contributed by atoms with E-state index in [1.807, 2.05) is 31.3 Å². The monoisotopic (exact) mass is 366 g/mol. The van der Waals surface area contributed by atoms with Gasteiger partial charge in [0.2, 0.25) is 0 Å². The molecule has 1 saturated heterocycles. The average molecular weight is 366 g/mol. The average Bonchev–Trinajstić information content (AvgIpc) is 3.35. The maximum absolute atomic E-state index is 12.7. The zero-order valence-corrected chi connectivity index (χ0v) is 15.2. The van der Waals surface area contributed by atoms with Gasteiger partial charge in [-0.3, -0.25) is 14.5 Å². The van der Waals surface area contributed by atoms with E-state index in [9.17, 15) is 9.90 Å². The van der Waals surface area contributed by atoms with E-state index in [0.29, 0.717) is 49.7 Å². The number of amides is 1. The Kier molecular flexibility index (Phi) is 4.53. The molecule has 7 nitrogen and oxygen atoms in total. The largest absolute Gasteiger partial charge is 0.454 e. The first-order chi connectivity index (χ1) is 13.0. The van der Waals surface area contributed by atoms with Gasteiger partial charge in [0.1, 0.15) is 11.4 Å². The van der Waals surface area contributed by atoms with Crippen LogP contribution < -0.4 is 0 Å². The minimum absolute atomic E-state index is 0.151. The molecule has 3 aromatic rings. The van der Waals surface area contributed by atoms with Crippen LogP contribution in [-0.4, -0.2) is 43.8 Å². The molecule has 0 saturated carbocycles. The second-order valence-corrected chi connectivity index (χ2v) is 6.96. The third-order valence-electron chi connectivity index (χ3n) is 5.08. The highest BCUT2D eigenvalue weighted by Gasteiger charge is 2.38. The lowest BCUT2D eigenvalue weighted by atomic mass is 9.85. The van der Waals surface area contributed by atoms with Crippen molar-refractivity contribution in [3.8, 4) is 0 Å². The molecule has 0 aliphatic carbocycles. The van der Waals surface area contributed by atoms with Crippen molar-refractivity contribution in [2.45, 2.75) is 31.9 Å². The van der Waals surface area contributed by atoms with E-state index in [0.717, 1.165) is 5.56 Å². The van der Waals surface area contributed by atoms with Crippen molar-refractivity contribution in [3.63, 3.8) is 0 Å². The number of hydrogen-bond donors (Lipinski definition) is 1. The molecular formula is C20H22N4O3. The fourth-order valence-corrected chi connectivity index (χ4v) is 3.58.